The molecule has 280 valence electrons. The van der Waals surface area contributed by atoms with E-state index in [1.807, 2.05) is 61.7 Å². The van der Waals surface area contributed by atoms with E-state index in [9.17, 15) is 9.90 Å². The number of amides is 2. The van der Waals surface area contributed by atoms with Crippen LogP contribution in [0.25, 0.3) is 11.3 Å². The van der Waals surface area contributed by atoms with Gasteiger partial charge in [-0.15, -0.1) is 0 Å². The molecule has 2 aliphatic heterocycles. The maximum atomic E-state index is 15.3. The van der Waals surface area contributed by atoms with Crippen LogP contribution in [0.1, 0.15) is 50.0 Å². The SMILES string of the molecule is COCCN(C)CCn1c(-c2cc(F)ccc2C(=O)N2Cc3ccccc3C[C@H]2C)cc(C(=O)N(c2ccc(O)cc2)c2cnc3c(c2)CCN3C)c1C. The molecular weight excluding hydrogens is 684 g/mol. The molecule has 0 radical (unpaired) electrons. The quantitative estimate of drug-likeness (QED) is 0.159. The number of methoxy groups -OCH3 is 1. The Balaban J connectivity index is 1.34. The van der Waals surface area contributed by atoms with Crippen LogP contribution in [0.4, 0.5) is 21.6 Å². The molecule has 7 rings (SSSR count). The van der Waals surface area contributed by atoms with Gasteiger partial charge in [0.25, 0.3) is 11.8 Å². The molecule has 10 nitrogen and oxygen atoms in total. The predicted molar refractivity (Wildman–Crippen MR) is 209 cm³/mol. The summed E-state index contributed by atoms with van der Waals surface area (Å²) in [6.07, 6.45) is 3.23. The predicted octanol–water partition coefficient (Wildman–Crippen LogP) is 6.84. The lowest BCUT2D eigenvalue weighted by Gasteiger charge is -2.35. The third-order valence-corrected chi connectivity index (χ3v) is 10.8. The summed E-state index contributed by atoms with van der Waals surface area (Å²) in [5.41, 5.74) is 6.95. The number of nitrogens with zero attached hydrogens (tertiary/aromatic N) is 6. The van der Waals surface area contributed by atoms with E-state index in [4.69, 9.17) is 9.72 Å². The molecule has 5 aromatic rings. The van der Waals surface area contributed by atoms with Crippen molar-refractivity contribution < 1.29 is 23.8 Å². The molecule has 3 aromatic carbocycles. The Morgan fingerprint density at radius 2 is 1.72 bits per heavy atom. The summed E-state index contributed by atoms with van der Waals surface area (Å²) < 4.78 is 22.7. The molecule has 0 spiro atoms. The van der Waals surface area contributed by atoms with E-state index in [1.165, 1.54) is 17.7 Å². The smallest absolute Gasteiger partial charge is 0.264 e. The number of phenolic OH excluding ortho intramolecular Hbond substituents is 1. The second-order valence-electron chi connectivity index (χ2n) is 14.4. The number of carbonyl (C=O) groups excluding carboxylic acids is 2. The summed E-state index contributed by atoms with van der Waals surface area (Å²) >= 11 is 0. The number of phenols is 1. The minimum absolute atomic E-state index is 0.0648. The molecule has 0 saturated heterocycles. The zero-order chi connectivity index (χ0) is 38.1. The minimum atomic E-state index is -0.478. The van der Waals surface area contributed by atoms with Crippen LogP contribution < -0.4 is 9.80 Å². The number of rotatable bonds is 11. The van der Waals surface area contributed by atoms with Crippen LogP contribution in [0.15, 0.2) is 85.1 Å². The van der Waals surface area contributed by atoms with Gasteiger partial charge in [-0.2, -0.15) is 0 Å². The average molecular weight is 731 g/mol. The van der Waals surface area contributed by atoms with Crippen molar-refractivity contribution in [1.29, 1.82) is 0 Å². The molecule has 2 aromatic heterocycles. The van der Waals surface area contributed by atoms with Crippen LogP contribution in [-0.2, 0) is 30.7 Å². The minimum Gasteiger partial charge on any atom is -0.508 e. The van der Waals surface area contributed by atoms with E-state index in [-0.39, 0.29) is 23.6 Å². The molecule has 2 aliphatic rings. The van der Waals surface area contributed by atoms with Crippen LogP contribution in [0.2, 0.25) is 0 Å². The van der Waals surface area contributed by atoms with Crippen LogP contribution in [0.5, 0.6) is 5.75 Å². The summed E-state index contributed by atoms with van der Waals surface area (Å²) in [5.74, 6) is -0.0216. The fraction of sp³-hybridized carbons (Fsp3) is 0.326. The summed E-state index contributed by atoms with van der Waals surface area (Å²) in [6.45, 7) is 7.56. The summed E-state index contributed by atoms with van der Waals surface area (Å²) in [6, 6.07) is 22.7. The zero-order valence-corrected chi connectivity index (χ0v) is 31.6. The molecule has 1 atom stereocenters. The standard InChI is InChI=1S/C43H47FN6O4/c1-28-22-30-8-6-7-9-32(30)27-49(28)42(52)37-15-10-33(44)24-39(37)40-25-38(29(2)48(40)19-18-46(3)20-21-54-5)43(53)50(34-11-13-36(51)14-12-34)35-23-31-16-17-47(4)41(31)45-26-35/h6-15,23-26,28,51H,16-22,27H2,1-5H3/t28-/m1/s1. The first-order valence-electron chi connectivity index (χ1n) is 18.4. The molecule has 0 unspecified atom stereocenters. The maximum Gasteiger partial charge on any atom is 0.264 e. The van der Waals surface area contributed by atoms with E-state index in [2.05, 4.69) is 15.9 Å². The molecule has 54 heavy (non-hydrogen) atoms. The van der Waals surface area contributed by atoms with Gasteiger partial charge in [-0.05, 0) is 105 Å². The second kappa shape index (κ2) is 15.5. The first-order valence-corrected chi connectivity index (χ1v) is 18.4. The zero-order valence-electron chi connectivity index (χ0n) is 31.6. The van der Waals surface area contributed by atoms with Crippen LogP contribution in [0.3, 0.4) is 0 Å². The van der Waals surface area contributed by atoms with Gasteiger partial charge in [0, 0.05) is 81.1 Å². The van der Waals surface area contributed by atoms with Gasteiger partial charge in [0.1, 0.15) is 17.4 Å². The van der Waals surface area contributed by atoms with E-state index < -0.39 is 5.82 Å². The number of ether oxygens (including phenoxy) is 1. The average Bonchev–Trinajstić information content (AvgIpc) is 3.71. The largest absolute Gasteiger partial charge is 0.508 e. The monoisotopic (exact) mass is 730 g/mol. The van der Waals surface area contributed by atoms with Crippen molar-refractivity contribution in [3.8, 4) is 17.0 Å². The Hall–Kier alpha value is -5.52. The van der Waals surface area contributed by atoms with Gasteiger partial charge in [0.15, 0.2) is 0 Å². The van der Waals surface area contributed by atoms with Crippen molar-refractivity contribution >= 4 is 29.0 Å². The number of pyridine rings is 1. The Morgan fingerprint density at radius 3 is 2.48 bits per heavy atom. The lowest BCUT2D eigenvalue weighted by atomic mass is 9.93. The maximum absolute atomic E-state index is 15.3. The molecule has 0 bridgehead atoms. The van der Waals surface area contributed by atoms with Gasteiger partial charge in [0.2, 0.25) is 0 Å². The fourth-order valence-electron chi connectivity index (χ4n) is 7.66. The second-order valence-corrected chi connectivity index (χ2v) is 14.4. The summed E-state index contributed by atoms with van der Waals surface area (Å²) in [5, 5.41) is 10.1. The van der Waals surface area contributed by atoms with Crippen molar-refractivity contribution in [2.75, 3.05) is 57.2 Å². The van der Waals surface area contributed by atoms with E-state index in [0.717, 1.165) is 36.3 Å². The molecular formula is C43H47FN6O4. The molecule has 1 N–H and O–H groups in total. The van der Waals surface area contributed by atoms with Gasteiger partial charge in [-0.25, -0.2) is 9.37 Å². The fourth-order valence-corrected chi connectivity index (χ4v) is 7.66. The van der Waals surface area contributed by atoms with Crippen molar-refractivity contribution in [2.45, 2.75) is 45.8 Å². The van der Waals surface area contributed by atoms with Crippen LogP contribution >= 0.6 is 0 Å². The van der Waals surface area contributed by atoms with Gasteiger partial charge in [0.05, 0.1) is 24.1 Å². The number of hydrogen-bond acceptors (Lipinski definition) is 7. The number of aromatic nitrogens is 2. The Kier molecular flexibility index (Phi) is 10.5. The molecule has 2 amide bonds. The normalized spacial score (nSPS) is 15.1. The van der Waals surface area contributed by atoms with Gasteiger partial charge in [-0.1, -0.05) is 24.3 Å². The highest BCUT2D eigenvalue weighted by atomic mass is 19.1. The molecule has 0 aliphatic carbocycles. The highest BCUT2D eigenvalue weighted by Gasteiger charge is 2.32. The number of aromatic hydroxyl groups is 1. The van der Waals surface area contributed by atoms with Crippen molar-refractivity contribution in [3.05, 3.63) is 124 Å². The van der Waals surface area contributed by atoms with Crippen molar-refractivity contribution in [3.63, 3.8) is 0 Å². The van der Waals surface area contributed by atoms with E-state index >= 15 is 9.18 Å². The van der Waals surface area contributed by atoms with Crippen molar-refractivity contribution in [2.24, 2.45) is 0 Å². The number of fused-ring (bicyclic) bond motifs is 2. The van der Waals surface area contributed by atoms with Crippen molar-refractivity contribution in [1.82, 2.24) is 19.4 Å². The highest BCUT2D eigenvalue weighted by Crippen LogP contribution is 2.37. The molecule has 0 fully saturated rings. The first kappa shape index (κ1) is 36.8. The van der Waals surface area contributed by atoms with Crippen LogP contribution in [-0.4, -0.2) is 89.8 Å². The van der Waals surface area contributed by atoms with Gasteiger partial charge in [-0.3, -0.25) is 14.5 Å². The summed E-state index contributed by atoms with van der Waals surface area (Å²) in [4.78, 5) is 42.0. The number of benzene rings is 3. The Bertz CT molecular complexity index is 2180. The number of hydrogen-bond donors (Lipinski definition) is 1. The van der Waals surface area contributed by atoms with Crippen LogP contribution in [0, 0.1) is 12.7 Å². The lowest BCUT2D eigenvalue weighted by molar-refractivity contribution is 0.0658. The number of anilines is 3. The Labute approximate surface area is 316 Å². The number of likely N-dealkylation sites (N-methyl/N-ethyl adjacent to an activating group) is 2. The third-order valence-electron chi connectivity index (χ3n) is 10.8. The number of carbonyl (C=O) groups is 2. The molecule has 4 heterocycles. The van der Waals surface area contributed by atoms with E-state index in [0.29, 0.717) is 72.2 Å². The van der Waals surface area contributed by atoms with Gasteiger partial charge < -0.3 is 29.1 Å². The molecule has 11 heteroatoms. The number of halogens is 1. The van der Waals surface area contributed by atoms with Gasteiger partial charge >= 0.3 is 0 Å². The lowest BCUT2D eigenvalue weighted by Crippen LogP contribution is -2.42. The third kappa shape index (κ3) is 7.21. The topological polar surface area (TPSA) is 94.4 Å². The highest BCUT2D eigenvalue weighted by molar-refractivity contribution is 6.12. The van der Waals surface area contributed by atoms with E-state index in [1.54, 1.807) is 54.6 Å². The molecule has 0 saturated carbocycles. The first-order chi connectivity index (χ1) is 26.0. The summed E-state index contributed by atoms with van der Waals surface area (Å²) in [7, 11) is 5.66. The Morgan fingerprint density at radius 1 is 0.963 bits per heavy atom.